The number of carbonyl (C=O) groups excluding carboxylic acids is 1. The van der Waals surface area contributed by atoms with Crippen molar-refractivity contribution >= 4 is 57.6 Å². The lowest BCUT2D eigenvalue weighted by Crippen LogP contribution is -2.27. The molecule has 0 radical (unpaired) electrons. The van der Waals surface area contributed by atoms with Gasteiger partial charge in [-0.05, 0) is 47.9 Å². The highest BCUT2D eigenvalue weighted by Gasteiger charge is 2.33. The molecule has 0 saturated carbocycles. The number of halogens is 1. The average molecular weight is 360 g/mol. The number of amides is 1. The van der Waals surface area contributed by atoms with Gasteiger partial charge in [0.05, 0.1) is 10.6 Å². The number of thiocarbonyl (C=S) groups is 1. The molecule has 0 spiro atoms. The van der Waals surface area contributed by atoms with Crippen LogP contribution in [-0.4, -0.2) is 10.2 Å². The van der Waals surface area contributed by atoms with Crippen LogP contribution in [0.25, 0.3) is 6.08 Å². The van der Waals surface area contributed by atoms with Crippen LogP contribution in [0.15, 0.2) is 53.4 Å². The Morgan fingerprint density at radius 1 is 1.13 bits per heavy atom. The van der Waals surface area contributed by atoms with E-state index in [2.05, 4.69) is 6.92 Å². The van der Waals surface area contributed by atoms with Gasteiger partial charge >= 0.3 is 0 Å². The summed E-state index contributed by atoms with van der Waals surface area (Å²) < 4.78 is 0.555. The van der Waals surface area contributed by atoms with E-state index >= 15 is 0 Å². The van der Waals surface area contributed by atoms with Gasteiger partial charge in [0.2, 0.25) is 0 Å². The van der Waals surface area contributed by atoms with Crippen molar-refractivity contribution in [1.29, 1.82) is 0 Å². The maximum Gasteiger partial charge on any atom is 0.270 e. The number of hydrogen-bond acceptors (Lipinski definition) is 3. The smallest absolute Gasteiger partial charge is 0.268 e. The first-order chi connectivity index (χ1) is 11.1. The highest BCUT2D eigenvalue weighted by molar-refractivity contribution is 8.27. The number of rotatable bonds is 3. The van der Waals surface area contributed by atoms with Crippen molar-refractivity contribution in [3.8, 4) is 0 Å². The lowest BCUT2D eigenvalue weighted by atomic mass is 10.1. The van der Waals surface area contributed by atoms with Crippen LogP contribution >= 0.6 is 35.6 Å². The number of carbonyl (C=O) groups is 1. The molecule has 3 rings (SSSR count). The van der Waals surface area contributed by atoms with Gasteiger partial charge in [0.15, 0.2) is 4.32 Å². The van der Waals surface area contributed by atoms with Gasteiger partial charge in [-0.3, -0.25) is 9.69 Å². The second-order valence-corrected chi connectivity index (χ2v) is 7.20. The van der Waals surface area contributed by atoms with E-state index in [-0.39, 0.29) is 5.91 Å². The van der Waals surface area contributed by atoms with Gasteiger partial charge in [0.25, 0.3) is 5.91 Å². The summed E-state index contributed by atoms with van der Waals surface area (Å²) in [6.07, 6.45) is 2.81. The summed E-state index contributed by atoms with van der Waals surface area (Å²) >= 11 is 12.6. The van der Waals surface area contributed by atoms with Crippen LogP contribution in [0.4, 0.5) is 5.69 Å². The van der Waals surface area contributed by atoms with E-state index in [4.69, 9.17) is 23.8 Å². The predicted octanol–water partition coefficient (Wildman–Crippen LogP) is 5.31. The van der Waals surface area contributed by atoms with Gasteiger partial charge in [-0.2, -0.15) is 0 Å². The van der Waals surface area contributed by atoms with Crippen LogP contribution in [-0.2, 0) is 11.2 Å². The van der Waals surface area contributed by atoms with Crippen molar-refractivity contribution in [3.63, 3.8) is 0 Å². The second-order valence-electron chi connectivity index (χ2n) is 5.09. The average Bonchev–Trinajstić information content (AvgIpc) is 2.84. The van der Waals surface area contributed by atoms with Gasteiger partial charge in [-0.25, -0.2) is 0 Å². The Hall–Kier alpha value is -1.62. The van der Waals surface area contributed by atoms with Crippen LogP contribution in [0.2, 0.25) is 5.02 Å². The molecule has 2 nitrogen and oxygen atoms in total. The minimum Gasteiger partial charge on any atom is -0.268 e. The highest BCUT2D eigenvalue weighted by Crippen LogP contribution is 2.36. The first kappa shape index (κ1) is 16.2. The zero-order chi connectivity index (χ0) is 16.4. The zero-order valence-corrected chi connectivity index (χ0v) is 14.8. The molecule has 1 heterocycles. The molecule has 1 aliphatic heterocycles. The third-order valence-corrected chi connectivity index (χ3v) is 5.12. The Balaban J connectivity index is 1.88. The summed E-state index contributed by atoms with van der Waals surface area (Å²) in [6.45, 7) is 2.10. The summed E-state index contributed by atoms with van der Waals surface area (Å²) in [6, 6.07) is 15.3. The Labute approximate surface area is 150 Å². The molecule has 1 amide bonds. The Morgan fingerprint density at radius 2 is 1.78 bits per heavy atom. The number of nitrogens with zero attached hydrogens (tertiary/aromatic N) is 1. The molecule has 1 fully saturated rings. The minimum atomic E-state index is -0.0841. The lowest BCUT2D eigenvalue weighted by Gasteiger charge is -2.14. The molecule has 1 saturated heterocycles. The molecule has 0 aromatic heterocycles. The van der Waals surface area contributed by atoms with E-state index in [1.165, 1.54) is 17.3 Å². The van der Waals surface area contributed by atoms with E-state index < -0.39 is 0 Å². The topological polar surface area (TPSA) is 20.3 Å². The molecule has 1 aliphatic rings. The summed E-state index contributed by atoms with van der Waals surface area (Å²) in [5, 5.41) is 0.672. The normalized spacial score (nSPS) is 16.4. The van der Waals surface area contributed by atoms with Crippen molar-refractivity contribution < 1.29 is 4.79 Å². The minimum absolute atomic E-state index is 0.0841. The van der Waals surface area contributed by atoms with Crippen LogP contribution in [0.5, 0.6) is 0 Å². The van der Waals surface area contributed by atoms with Gasteiger partial charge in [0, 0.05) is 5.02 Å². The Kier molecular flexibility index (Phi) is 4.85. The summed E-state index contributed by atoms with van der Waals surface area (Å²) in [7, 11) is 0. The molecule has 0 N–H and O–H groups in total. The summed E-state index contributed by atoms with van der Waals surface area (Å²) in [5.74, 6) is -0.0841. The van der Waals surface area contributed by atoms with Gasteiger partial charge < -0.3 is 0 Å². The number of hydrogen-bond donors (Lipinski definition) is 0. The van der Waals surface area contributed by atoms with Crippen LogP contribution < -0.4 is 4.90 Å². The maximum atomic E-state index is 12.7. The fourth-order valence-corrected chi connectivity index (χ4v) is 3.71. The lowest BCUT2D eigenvalue weighted by molar-refractivity contribution is -0.113. The third kappa shape index (κ3) is 3.50. The number of thioether (sulfide) groups is 1. The molecule has 2 aromatic carbocycles. The van der Waals surface area contributed by atoms with Crippen LogP contribution in [0.3, 0.4) is 0 Å². The summed E-state index contributed by atoms with van der Waals surface area (Å²) in [4.78, 5) is 14.9. The molecule has 23 heavy (non-hydrogen) atoms. The molecule has 2 aromatic rings. The predicted molar refractivity (Wildman–Crippen MR) is 103 cm³/mol. The van der Waals surface area contributed by atoms with E-state index in [1.807, 2.05) is 42.5 Å². The Morgan fingerprint density at radius 3 is 2.39 bits per heavy atom. The van der Waals surface area contributed by atoms with Gasteiger partial charge in [0.1, 0.15) is 0 Å². The number of aryl methyl sites for hydroxylation is 1. The van der Waals surface area contributed by atoms with Crippen molar-refractivity contribution in [3.05, 3.63) is 69.6 Å². The SMILES string of the molecule is CCc1ccc(N2C(=O)/C(=C/c3ccc(Cl)cc3)SC2=S)cc1. The quantitative estimate of drug-likeness (QED) is 0.547. The molecule has 0 atom stereocenters. The van der Waals surface area contributed by atoms with Gasteiger partial charge in [-0.1, -0.05) is 66.8 Å². The second kappa shape index (κ2) is 6.87. The number of benzene rings is 2. The Bertz CT molecular complexity index is 782. The van der Waals surface area contributed by atoms with Crippen molar-refractivity contribution in [2.45, 2.75) is 13.3 Å². The highest BCUT2D eigenvalue weighted by atomic mass is 35.5. The van der Waals surface area contributed by atoms with Crippen molar-refractivity contribution in [1.82, 2.24) is 0 Å². The molecule has 5 heteroatoms. The van der Waals surface area contributed by atoms with Crippen molar-refractivity contribution in [2.24, 2.45) is 0 Å². The fraction of sp³-hybridized carbons (Fsp3) is 0.111. The number of anilines is 1. The maximum absolute atomic E-state index is 12.7. The van der Waals surface area contributed by atoms with Crippen LogP contribution in [0, 0.1) is 0 Å². The first-order valence-electron chi connectivity index (χ1n) is 7.21. The van der Waals surface area contributed by atoms with E-state index in [0.29, 0.717) is 14.2 Å². The van der Waals surface area contributed by atoms with Gasteiger partial charge in [-0.15, -0.1) is 0 Å². The van der Waals surface area contributed by atoms with E-state index in [9.17, 15) is 4.79 Å². The fourth-order valence-electron chi connectivity index (χ4n) is 2.28. The molecular formula is C18H14ClNOS2. The van der Waals surface area contributed by atoms with Crippen molar-refractivity contribution in [2.75, 3.05) is 4.90 Å². The van der Waals surface area contributed by atoms with E-state index in [1.54, 1.807) is 17.0 Å². The standard InChI is InChI=1S/C18H14ClNOS2/c1-2-12-5-9-15(10-6-12)20-17(21)16(23-18(20)22)11-13-3-7-14(19)8-4-13/h3-11H,2H2,1H3/b16-11-. The molecule has 116 valence electrons. The largest absolute Gasteiger partial charge is 0.270 e. The van der Waals surface area contributed by atoms with Crippen LogP contribution in [0.1, 0.15) is 18.1 Å². The molecule has 0 bridgehead atoms. The third-order valence-electron chi connectivity index (χ3n) is 3.56. The zero-order valence-electron chi connectivity index (χ0n) is 12.5. The molecular weight excluding hydrogens is 346 g/mol. The molecule has 0 aliphatic carbocycles. The molecule has 0 unspecified atom stereocenters. The first-order valence-corrected chi connectivity index (χ1v) is 8.81. The summed E-state index contributed by atoms with van der Waals surface area (Å²) in [5.41, 5.74) is 2.97. The van der Waals surface area contributed by atoms with E-state index in [0.717, 1.165) is 17.7 Å². The monoisotopic (exact) mass is 359 g/mol.